The zero-order valence-corrected chi connectivity index (χ0v) is 9.77. The van der Waals surface area contributed by atoms with Gasteiger partial charge in [-0.05, 0) is 37.3 Å². The molecule has 4 heteroatoms. The lowest BCUT2D eigenvalue weighted by atomic mass is 10.2. The van der Waals surface area contributed by atoms with Gasteiger partial charge in [0, 0.05) is 11.3 Å². The topological polar surface area (TPSA) is 49.3 Å². The van der Waals surface area contributed by atoms with E-state index in [2.05, 4.69) is 5.32 Å². The van der Waals surface area contributed by atoms with E-state index in [0.717, 1.165) is 17.7 Å². The number of aromatic hydroxyl groups is 1. The Bertz CT molecular complexity index is 579. The van der Waals surface area contributed by atoms with Crippen LogP contribution in [0.2, 0.25) is 0 Å². The van der Waals surface area contributed by atoms with Crippen molar-refractivity contribution < 1.29 is 14.3 Å². The van der Waals surface area contributed by atoms with E-state index in [1.165, 1.54) is 6.07 Å². The summed E-state index contributed by atoms with van der Waals surface area (Å²) in [6.07, 6.45) is 0. The first-order chi connectivity index (χ1) is 8.56. The third-order valence-corrected chi connectivity index (χ3v) is 2.52. The van der Waals surface area contributed by atoms with E-state index in [0.29, 0.717) is 5.69 Å². The molecule has 1 amide bonds. The minimum Gasteiger partial charge on any atom is -0.505 e. The quantitative estimate of drug-likeness (QED) is 0.854. The summed E-state index contributed by atoms with van der Waals surface area (Å²) in [5.74, 6) is -1.68. The van der Waals surface area contributed by atoms with Crippen molar-refractivity contribution in [3.63, 3.8) is 0 Å². The average molecular weight is 245 g/mol. The number of carbonyl (C=O) groups is 1. The molecule has 0 radical (unpaired) electrons. The molecule has 0 aliphatic rings. The molecule has 0 bridgehead atoms. The second kappa shape index (κ2) is 4.87. The van der Waals surface area contributed by atoms with Gasteiger partial charge in [0.15, 0.2) is 11.6 Å². The van der Waals surface area contributed by atoms with Gasteiger partial charge in [0.05, 0.1) is 0 Å². The van der Waals surface area contributed by atoms with Gasteiger partial charge in [0.2, 0.25) is 0 Å². The van der Waals surface area contributed by atoms with E-state index in [1.807, 2.05) is 19.1 Å². The lowest BCUT2D eigenvalue weighted by Gasteiger charge is -2.06. The summed E-state index contributed by atoms with van der Waals surface area (Å²) in [5.41, 5.74) is 1.94. The molecule has 0 aliphatic heterocycles. The summed E-state index contributed by atoms with van der Waals surface area (Å²) in [7, 11) is 0. The number of nitrogens with one attached hydrogen (secondary N) is 1. The van der Waals surface area contributed by atoms with Crippen molar-refractivity contribution in [1.29, 1.82) is 0 Å². The molecular weight excluding hydrogens is 233 g/mol. The minimum absolute atomic E-state index is 0.203. The van der Waals surface area contributed by atoms with E-state index in [-0.39, 0.29) is 5.56 Å². The summed E-state index contributed by atoms with van der Waals surface area (Å²) in [4.78, 5) is 11.8. The zero-order chi connectivity index (χ0) is 13.1. The summed E-state index contributed by atoms with van der Waals surface area (Å²) in [5, 5.41) is 11.9. The largest absolute Gasteiger partial charge is 0.505 e. The molecule has 18 heavy (non-hydrogen) atoms. The fourth-order valence-electron chi connectivity index (χ4n) is 1.49. The van der Waals surface area contributed by atoms with Gasteiger partial charge in [-0.15, -0.1) is 0 Å². The van der Waals surface area contributed by atoms with Crippen LogP contribution in [-0.2, 0) is 0 Å². The van der Waals surface area contributed by atoms with Gasteiger partial charge in [-0.2, -0.15) is 0 Å². The first-order valence-corrected chi connectivity index (χ1v) is 5.43. The molecule has 92 valence electrons. The number of aryl methyl sites for hydroxylation is 1. The number of amides is 1. The Morgan fingerprint density at radius 2 is 1.83 bits per heavy atom. The number of rotatable bonds is 2. The van der Waals surface area contributed by atoms with Crippen LogP contribution in [0.1, 0.15) is 15.9 Å². The number of anilines is 1. The molecule has 0 saturated heterocycles. The summed E-state index contributed by atoms with van der Waals surface area (Å²) in [6, 6.07) is 10.8. The summed E-state index contributed by atoms with van der Waals surface area (Å²) < 4.78 is 12.9. The van der Waals surface area contributed by atoms with Crippen LogP contribution in [0.3, 0.4) is 0 Å². The van der Waals surface area contributed by atoms with E-state index >= 15 is 0 Å². The van der Waals surface area contributed by atoms with Gasteiger partial charge in [0.1, 0.15) is 0 Å². The third-order valence-electron chi connectivity index (χ3n) is 2.52. The van der Waals surface area contributed by atoms with Crippen molar-refractivity contribution in [2.45, 2.75) is 6.92 Å². The van der Waals surface area contributed by atoms with Crippen LogP contribution in [0.25, 0.3) is 0 Å². The number of halogens is 1. The second-order valence-electron chi connectivity index (χ2n) is 3.99. The smallest absolute Gasteiger partial charge is 0.255 e. The fourth-order valence-corrected chi connectivity index (χ4v) is 1.49. The van der Waals surface area contributed by atoms with Crippen LogP contribution in [0.4, 0.5) is 10.1 Å². The highest BCUT2D eigenvalue weighted by molar-refractivity contribution is 6.04. The molecular formula is C14H12FNO2. The van der Waals surface area contributed by atoms with Crippen molar-refractivity contribution in [3.05, 3.63) is 59.4 Å². The monoisotopic (exact) mass is 245 g/mol. The Morgan fingerprint density at radius 3 is 2.44 bits per heavy atom. The van der Waals surface area contributed by atoms with Gasteiger partial charge in [-0.1, -0.05) is 17.7 Å². The van der Waals surface area contributed by atoms with Gasteiger partial charge >= 0.3 is 0 Å². The van der Waals surface area contributed by atoms with Crippen LogP contribution in [0.15, 0.2) is 42.5 Å². The van der Waals surface area contributed by atoms with Crippen LogP contribution in [0, 0.1) is 12.7 Å². The molecule has 3 nitrogen and oxygen atoms in total. The Labute approximate surface area is 104 Å². The molecule has 0 aromatic heterocycles. The summed E-state index contributed by atoms with van der Waals surface area (Å²) >= 11 is 0. The maximum absolute atomic E-state index is 12.9. The maximum atomic E-state index is 12.9. The Morgan fingerprint density at radius 1 is 1.17 bits per heavy atom. The average Bonchev–Trinajstić information content (AvgIpc) is 2.35. The molecule has 0 aliphatic carbocycles. The molecule has 2 aromatic carbocycles. The molecule has 0 unspecified atom stereocenters. The number of phenols is 1. The predicted octanol–water partition coefficient (Wildman–Crippen LogP) is 3.09. The first-order valence-electron chi connectivity index (χ1n) is 5.43. The van der Waals surface area contributed by atoms with Crippen LogP contribution < -0.4 is 5.32 Å². The maximum Gasteiger partial charge on any atom is 0.255 e. The number of hydrogen-bond acceptors (Lipinski definition) is 2. The predicted molar refractivity (Wildman–Crippen MR) is 67.2 cm³/mol. The van der Waals surface area contributed by atoms with Crippen LogP contribution in [0.5, 0.6) is 5.75 Å². The third kappa shape index (κ3) is 2.66. The normalized spacial score (nSPS) is 10.1. The van der Waals surface area contributed by atoms with Crippen LogP contribution >= 0.6 is 0 Å². The second-order valence-corrected chi connectivity index (χ2v) is 3.99. The van der Waals surface area contributed by atoms with Gasteiger partial charge in [-0.25, -0.2) is 4.39 Å². The van der Waals surface area contributed by atoms with Gasteiger partial charge in [-0.3, -0.25) is 4.79 Å². The van der Waals surface area contributed by atoms with Crippen molar-refractivity contribution in [2.75, 3.05) is 5.32 Å². The van der Waals surface area contributed by atoms with Crippen molar-refractivity contribution >= 4 is 11.6 Å². The minimum atomic E-state index is -0.748. The van der Waals surface area contributed by atoms with Crippen molar-refractivity contribution in [1.82, 2.24) is 0 Å². The molecule has 0 spiro atoms. The fraction of sp³-hybridized carbons (Fsp3) is 0.0714. The zero-order valence-electron chi connectivity index (χ0n) is 9.77. The number of benzene rings is 2. The van der Waals surface area contributed by atoms with Gasteiger partial charge in [0.25, 0.3) is 5.91 Å². The molecule has 0 heterocycles. The first kappa shape index (κ1) is 12.1. The SMILES string of the molecule is Cc1ccc(NC(=O)c2ccc(F)c(O)c2)cc1. The van der Waals surface area contributed by atoms with E-state index in [1.54, 1.807) is 12.1 Å². The molecule has 0 saturated carbocycles. The molecule has 2 N–H and O–H groups in total. The van der Waals surface area contributed by atoms with E-state index in [9.17, 15) is 14.3 Å². The Kier molecular flexibility index (Phi) is 3.28. The highest BCUT2D eigenvalue weighted by Crippen LogP contribution is 2.18. The number of carbonyl (C=O) groups excluding carboxylic acids is 1. The van der Waals surface area contributed by atoms with E-state index in [4.69, 9.17) is 0 Å². The Hall–Kier alpha value is -2.36. The molecule has 0 fully saturated rings. The number of hydrogen-bond donors (Lipinski definition) is 2. The van der Waals surface area contributed by atoms with Crippen LogP contribution in [-0.4, -0.2) is 11.0 Å². The van der Waals surface area contributed by atoms with E-state index < -0.39 is 17.5 Å². The molecule has 2 aromatic rings. The van der Waals surface area contributed by atoms with Gasteiger partial charge < -0.3 is 10.4 Å². The highest BCUT2D eigenvalue weighted by atomic mass is 19.1. The summed E-state index contributed by atoms with van der Waals surface area (Å²) in [6.45, 7) is 1.95. The standard InChI is InChI=1S/C14H12FNO2/c1-9-2-5-11(6-3-9)16-14(18)10-4-7-12(15)13(17)8-10/h2-8,17H,1H3,(H,16,18). The Balaban J connectivity index is 2.16. The highest BCUT2D eigenvalue weighted by Gasteiger charge is 2.09. The molecule has 2 rings (SSSR count). The lowest BCUT2D eigenvalue weighted by molar-refractivity contribution is 0.102. The number of phenolic OH excluding ortho intramolecular Hbond substituents is 1. The molecule has 0 atom stereocenters. The lowest BCUT2D eigenvalue weighted by Crippen LogP contribution is -2.11. The van der Waals surface area contributed by atoms with Crippen molar-refractivity contribution in [3.8, 4) is 5.75 Å². The van der Waals surface area contributed by atoms with Crippen molar-refractivity contribution in [2.24, 2.45) is 0 Å².